The minimum atomic E-state index is -6.00. The summed E-state index contributed by atoms with van der Waals surface area (Å²) in [4.78, 5) is 17.3. The van der Waals surface area contributed by atoms with Crippen LogP contribution in [0.5, 0.6) is 0 Å². The third-order valence-corrected chi connectivity index (χ3v) is 4.55. The van der Waals surface area contributed by atoms with Gasteiger partial charge in [0.2, 0.25) is 11.2 Å². The Hall–Kier alpha value is -1.96. The second-order valence-corrected chi connectivity index (χ2v) is 7.66. The Labute approximate surface area is 160 Å². The molecule has 3 rings (SSSR count). The van der Waals surface area contributed by atoms with E-state index >= 15 is 0 Å². The first-order valence-electron chi connectivity index (χ1n) is 8.39. The fourth-order valence-corrected chi connectivity index (χ4v) is 3.40. The molecule has 0 aliphatic heterocycles. The summed E-state index contributed by atoms with van der Waals surface area (Å²) in [6.07, 6.45) is 1.96. The number of aromatic nitrogens is 2. The van der Waals surface area contributed by atoms with E-state index in [1.54, 1.807) is 0 Å². The minimum absolute atomic E-state index is 0.129. The highest BCUT2D eigenvalue weighted by Crippen LogP contribution is 2.34. The van der Waals surface area contributed by atoms with Crippen molar-refractivity contribution >= 4 is 41.7 Å². The highest BCUT2D eigenvalue weighted by molar-refractivity contribution is 6.50. The van der Waals surface area contributed by atoms with Gasteiger partial charge in [-0.2, -0.15) is 4.57 Å². The van der Waals surface area contributed by atoms with Crippen molar-refractivity contribution in [1.29, 1.82) is 0 Å². The summed E-state index contributed by atoms with van der Waals surface area (Å²) >= 11 is 6.13. The molecule has 27 heavy (non-hydrogen) atoms. The van der Waals surface area contributed by atoms with Gasteiger partial charge >= 0.3 is 7.25 Å². The molecule has 2 aromatic rings. The van der Waals surface area contributed by atoms with Gasteiger partial charge in [-0.3, -0.25) is 4.79 Å². The summed E-state index contributed by atoms with van der Waals surface area (Å²) in [5.41, 5.74) is 3.86. The largest absolute Gasteiger partial charge is 0.673 e. The monoisotopic (exact) mass is 402 g/mol. The number of allylic oxidation sites excluding steroid dienone is 1. The SMILES string of the molecule is CC1=Cc2c(nc3cc(Cl)ccc3[n+]2C(C)C)C(C)(C)C1=O.F[B-](F)(F)F. The van der Waals surface area contributed by atoms with Crippen LogP contribution >= 0.6 is 11.6 Å². The van der Waals surface area contributed by atoms with Gasteiger partial charge in [-0.25, -0.2) is 4.98 Å². The Kier molecular flexibility index (Phi) is 5.71. The van der Waals surface area contributed by atoms with Crippen molar-refractivity contribution in [3.8, 4) is 0 Å². The van der Waals surface area contributed by atoms with Gasteiger partial charge in [-0.15, -0.1) is 0 Å². The highest BCUT2D eigenvalue weighted by Gasteiger charge is 2.42. The van der Waals surface area contributed by atoms with Crippen molar-refractivity contribution in [2.75, 3.05) is 0 Å². The van der Waals surface area contributed by atoms with Crippen molar-refractivity contribution in [1.82, 2.24) is 4.98 Å². The fraction of sp³-hybridized carbons (Fsp3) is 0.389. The van der Waals surface area contributed by atoms with E-state index in [2.05, 4.69) is 18.4 Å². The molecule has 0 radical (unpaired) electrons. The van der Waals surface area contributed by atoms with Gasteiger partial charge in [0.05, 0.1) is 5.41 Å². The number of fused-ring (bicyclic) bond motifs is 2. The Bertz CT molecular complexity index is 933. The fourth-order valence-electron chi connectivity index (χ4n) is 3.24. The molecule has 1 aromatic carbocycles. The lowest BCUT2D eigenvalue weighted by Crippen LogP contribution is -2.47. The molecule has 0 N–H and O–H groups in total. The average molecular weight is 403 g/mol. The van der Waals surface area contributed by atoms with E-state index < -0.39 is 12.7 Å². The Morgan fingerprint density at radius 1 is 1.19 bits per heavy atom. The van der Waals surface area contributed by atoms with Gasteiger partial charge in [0, 0.05) is 17.2 Å². The van der Waals surface area contributed by atoms with E-state index in [4.69, 9.17) is 16.6 Å². The van der Waals surface area contributed by atoms with Crippen molar-refractivity contribution < 1.29 is 26.6 Å². The van der Waals surface area contributed by atoms with Crippen LogP contribution in [-0.2, 0) is 10.2 Å². The summed E-state index contributed by atoms with van der Waals surface area (Å²) in [6, 6.07) is 6.00. The van der Waals surface area contributed by atoms with Gasteiger partial charge in [-0.1, -0.05) is 11.6 Å². The number of Topliss-reactive ketones (excluding diaryl/α,β-unsaturated/α-hetero) is 1. The zero-order chi connectivity index (χ0) is 20.7. The average Bonchev–Trinajstić information content (AvgIpc) is 2.50. The number of nitrogens with zero attached hydrogens (tertiary/aromatic N) is 2. The Morgan fingerprint density at radius 3 is 2.26 bits per heavy atom. The van der Waals surface area contributed by atoms with E-state index in [9.17, 15) is 22.1 Å². The predicted octanol–water partition coefficient (Wildman–Crippen LogP) is 5.32. The number of benzene rings is 1. The molecule has 1 aliphatic rings. The molecule has 0 bridgehead atoms. The molecule has 1 heterocycles. The molecule has 3 nitrogen and oxygen atoms in total. The third-order valence-electron chi connectivity index (χ3n) is 4.32. The van der Waals surface area contributed by atoms with E-state index in [1.165, 1.54) is 0 Å². The number of carbonyl (C=O) groups excluding carboxylic acids is 1. The van der Waals surface area contributed by atoms with Gasteiger partial charge in [0.1, 0.15) is 11.2 Å². The standard InChI is InChI=1S/C18H20ClN2O.BF4/c1-10(2)21-14-7-6-12(19)9-13(14)20-16-15(21)8-11(3)17(22)18(16,4)5;2-1(3,4)5/h6-10H,1-5H3;/q+1;-1. The summed E-state index contributed by atoms with van der Waals surface area (Å²) < 4.78 is 41.2. The molecular weight excluding hydrogens is 382 g/mol. The van der Waals surface area contributed by atoms with Crippen LogP contribution in [0.25, 0.3) is 17.1 Å². The Balaban J connectivity index is 0.000000465. The third kappa shape index (κ3) is 4.48. The summed E-state index contributed by atoms with van der Waals surface area (Å²) in [6.45, 7) is 10.0. The first-order valence-corrected chi connectivity index (χ1v) is 8.77. The quantitative estimate of drug-likeness (QED) is 0.367. The van der Waals surface area contributed by atoms with Crippen LogP contribution in [0.2, 0.25) is 5.02 Å². The molecule has 0 fully saturated rings. The zero-order valence-electron chi connectivity index (χ0n) is 15.7. The van der Waals surface area contributed by atoms with Gasteiger partial charge < -0.3 is 17.3 Å². The lowest BCUT2D eigenvalue weighted by atomic mass is 9.76. The molecule has 9 heteroatoms. The first-order chi connectivity index (χ1) is 12.2. The number of halogens is 5. The molecule has 0 amide bonds. The van der Waals surface area contributed by atoms with Gasteiger partial charge in [0.15, 0.2) is 11.8 Å². The van der Waals surface area contributed by atoms with Crippen LogP contribution in [0.4, 0.5) is 17.3 Å². The van der Waals surface area contributed by atoms with Crippen molar-refractivity contribution in [3.63, 3.8) is 0 Å². The molecule has 146 valence electrons. The molecule has 0 unspecified atom stereocenters. The maximum atomic E-state index is 12.6. The second kappa shape index (κ2) is 7.22. The molecular formula is C18H20BClF4N2O. The molecule has 0 saturated heterocycles. The maximum Gasteiger partial charge on any atom is 0.673 e. The van der Waals surface area contributed by atoms with Crippen LogP contribution < -0.4 is 4.57 Å². The maximum absolute atomic E-state index is 12.6. The Morgan fingerprint density at radius 2 is 1.74 bits per heavy atom. The molecule has 0 saturated carbocycles. The lowest BCUT2D eigenvalue weighted by molar-refractivity contribution is -0.693. The topological polar surface area (TPSA) is 33.8 Å². The first kappa shape index (κ1) is 21.3. The number of rotatable bonds is 1. The highest BCUT2D eigenvalue weighted by atomic mass is 35.5. The van der Waals surface area contributed by atoms with Crippen LogP contribution in [-0.4, -0.2) is 18.0 Å². The second-order valence-electron chi connectivity index (χ2n) is 7.22. The molecule has 0 atom stereocenters. The van der Waals surface area contributed by atoms with Crippen LogP contribution in [0.15, 0.2) is 23.8 Å². The molecule has 1 aromatic heterocycles. The van der Waals surface area contributed by atoms with E-state index in [0.717, 1.165) is 28.0 Å². The molecule has 1 aliphatic carbocycles. The minimum Gasteiger partial charge on any atom is -0.418 e. The van der Waals surface area contributed by atoms with Crippen LogP contribution in [0.3, 0.4) is 0 Å². The van der Waals surface area contributed by atoms with Crippen LogP contribution in [0, 0.1) is 0 Å². The van der Waals surface area contributed by atoms with Gasteiger partial charge in [0.25, 0.3) is 0 Å². The summed E-state index contributed by atoms with van der Waals surface area (Å²) in [5, 5.41) is 0.655. The van der Waals surface area contributed by atoms with Gasteiger partial charge in [-0.05, 0) is 52.3 Å². The number of carbonyl (C=O) groups is 1. The zero-order valence-corrected chi connectivity index (χ0v) is 16.4. The lowest BCUT2D eigenvalue weighted by Gasteiger charge is -2.28. The summed E-state index contributed by atoms with van der Waals surface area (Å²) in [5.74, 6) is 0.129. The normalized spacial score (nSPS) is 16.0. The summed E-state index contributed by atoms with van der Waals surface area (Å²) in [7, 11) is -6.00. The van der Waals surface area contributed by atoms with E-state index in [1.807, 2.05) is 45.0 Å². The smallest absolute Gasteiger partial charge is 0.418 e. The number of ketones is 1. The predicted molar refractivity (Wildman–Crippen MR) is 99.2 cm³/mol. The van der Waals surface area contributed by atoms with E-state index in [-0.39, 0.29) is 11.8 Å². The van der Waals surface area contributed by atoms with Crippen molar-refractivity contribution in [2.24, 2.45) is 0 Å². The van der Waals surface area contributed by atoms with Crippen molar-refractivity contribution in [2.45, 2.75) is 46.1 Å². The number of hydrogen-bond donors (Lipinski definition) is 0. The van der Waals surface area contributed by atoms with Crippen LogP contribution in [0.1, 0.15) is 52.0 Å². The van der Waals surface area contributed by atoms with E-state index in [0.29, 0.717) is 5.02 Å². The molecule has 0 spiro atoms. The van der Waals surface area contributed by atoms with Crippen molar-refractivity contribution in [3.05, 3.63) is 40.2 Å². The number of hydrogen-bond acceptors (Lipinski definition) is 2.